The maximum atomic E-state index is 13.1. The van der Waals surface area contributed by atoms with Gasteiger partial charge in [-0.05, 0) is 9.81 Å². The van der Waals surface area contributed by atoms with Crippen LogP contribution in [0.2, 0.25) is 0 Å². The van der Waals surface area contributed by atoms with E-state index in [-0.39, 0.29) is 12.5 Å². The highest BCUT2D eigenvalue weighted by atomic mass is 32.3. The molecular weight excluding hydrogens is 379 g/mol. The molecule has 0 aromatic rings. The molecule has 9 nitrogen and oxygen atoms in total. The van der Waals surface area contributed by atoms with Gasteiger partial charge >= 0.3 is 20.4 Å². The molecule has 0 aliphatic heterocycles. The summed E-state index contributed by atoms with van der Waals surface area (Å²) in [7, 11) is -17.4. The summed E-state index contributed by atoms with van der Waals surface area (Å²) in [6, 6.07) is 0. The monoisotopic (exact) mass is 384 g/mol. The van der Waals surface area contributed by atoms with Gasteiger partial charge in [-0.3, -0.25) is 10.1 Å². The molecule has 0 heterocycles. The van der Waals surface area contributed by atoms with E-state index in [9.17, 15) is 47.0 Å². The second kappa shape index (κ2) is 5.54. The van der Waals surface area contributed by atoms with E-state index in [0.717, 1.165) is 0 Å². The Bertz CT molecular complexity index is 883. The molecule has 1 aliphatic rings. The summed E-state index contributed by atoms with van der Waals surface area (Å²) in [6.45, 7) is -1.63. The predicted octanol–water partition coefficient (Wildman–Crippen LogP) is -0.115. The molecule has 0 fully saturated rings. The van der Waals surface area contributed by atoms with Crippen LogP contribution in [0.5, 0.6) is 0 Å². The zero-order valence-electron chi connectivity index (χ0n) is 10.0. The van der Waals surface area contributed by atoms with E-state index >= 15 is 0 Å². The van der Waals surface area contributed by atoms with Crippen LogP contribution < -0.4 is 0 Å². The van der Waals surface area contributed by atoms with Gasteiger partial charge in [0, 0.05) is 4.92 Å². The molecule has 0 amide bonds. The van der Waals surface area contributed by atoms with Crippen LogP contribution in [0, 0.1) is 16.5 Å². The van der Waals surface area contributed by atoms with Crippen LogP contribution in [0.4, 0.5) is 11.7 Å². The minimum atomic E-state index is -5.89. The molecule has 0 N–H and O–H groups in total. The number of halogens is 3. The molecule has 1 unspecified atom stereocenters. The number of nitro groups is 1. The minimum Gasteiger partial charge on any atom is -0.265 e. The van der Waals surface area contributed by atoms with E-state index in [2.05, 4.69) is 0 Å². The Morgan fingerprint density at radius 1 is 1.09 bits per heavy atom. The fourth-order valence-corrected chi connectivity index (χ4v) is 4.01. The molecule has 126 valence electrons. The lowest BCUT2D eigenvalue weighted by molar-refractivity contribution is -0.471. The number of hydrogen-bond acceptors (Lipinski definition) is 8. The van der Waals surface area contributed by atoms with E-state index < -0.39 is 62.8 Å². The standard InChI is InChI=1S/C7H5F3NO8S3/c8-20(14,15)4-1-6(21(9,16)17)5(3-11(12)13)7(2-4)22(10,18)19/h1-2,6H,3H2/q-1. The molecule has 0 bridgehead atoms. The summed E-state index contributed by atoms with van der Waals surface area (Å²) in [6.07, 6.45) is -0.261. The second-order valence-corrected chi connectivity index (χ2v) is 7.99. The number of nitrogens with zero attached hydrogens (tertiary/aromatic N) is 1. The van der Waals surface area contributed by atoms with Crippen LogP contribution in [0.15, 0.2) is 21.5 Å². The van der Waals surface area contributed by atoms with Gasteiger partial charge in [0.15, 0.2) is 6.54 Å². The van der Waals surface area contributed by atoms with Crippen molar-refractivity contribution in [2.45, 2.75) is 5.25 Å². The lowest BCUT2D eigenvalue weighted by Gasteiger charge is -2.27. The fourth-order valence-electron chi connectivity index (χ4n) is 1.60. The highest BCUT2D eigenvalue weighted by Crippen LogP contribution is 2.35. The van der Waals surface area contributed by atoms with E-state index in [1.807, 2.05) is 0 Å². The molecule has 0 saturated carbocycles. The van der Waals surface area contributed by atoms with Crippen molar-refractivity contribution >= 4 is 30.7 Å². The zero-order valence-corrected chi connectivity index (χ0v) is 12.5. The largest absolute Gasteiger partial charge is 0.309 e. The molecular formula is C7H5F3NO8S3-. The van der Waals surface area contributed by atoms with Crippen molar-refractivity contribution < 1.29 is 41.8 Å². The second-order valence-electron chi connectivity index (χ2n) is 3.87. The normalized spacial score (nSPS) is 20.3. The SMILES string of the molecule is O=[N+]([O-])CC1=C(S(=O)(=O)F)[CH-]C(S(=O)(=O)F)=CC1S(=O)(=O)F. The highest BCUT2D eigenvalue weighted by Gasteiger charge is 2.35. The Kier molecular flexibility index (Phi) is 4.65. The molecule has 0 aromatic heterocycles. The molecule has 0 aromatic carbocycles. The maximum Gasteiger partial charge on any atom is 0.309 e. The Labute approximate surface area is 122 Å². The maximum absolute atomic E-state index is 13.1. The smallest absolute Gasteiger partial charge is 0.265 e. The first-order chi connectivity index (χ1) is 9.64. The Hall–Kier alpha value is -1.61. The summed E-state index contributed by atoms with van der Waals surface area (Å²) in [4.78, 5) is 5.66. The van der Waals surface area contributed by atoms with Crippen molar-refractivity contribution in [1.29, 1.82) is 0 Å². The third kappa shape index (κ3) is 4.20. The molecule has 0 spiro atoms. The first-order valence-corrected chi connectivity index (χ1v) is 9.09. The van der Waals surface area contributed by atoms with Gasteiger partial charge in [-0.15, -0.1) is 24.2 Å². The van der Waals surface area contributed by atoms with E-state index in [0.29, 0.717) is 0 Å². The summed E-state index contributed by atoms with van der Waals surface area (Å²) >= 11 is 0. The summed E-state index contributed by atoms with van der Waals surface area (Å²) in [5.74, 6) is 0. The molecule has 1 rings (SSSR count). The minimum absolute atomic E-state index is 0.0990. The molecule has 0 saturated heterocycles. The van der Waals surface area contributed by atoms with Gasteiger partial charge in [-0.2, -0.15) is 25.3 Å². The summed E-state index contributed by atoms with van der Waals surface area (Å²) in [5, 5.41) is 7.57. The topological polar surface area (TPSA) is 146 Å². The van der Waals surface area contributed by atoms with E-state index in [1.54, 1.807) is 0 Å². The van der Waals surface area contributed by atoms with Crippen LogP contribution >= 0.6 is 0 Å². The average Bonchev–Trinajstić information content (AvgIpc) is 2.23. The van der Waals surface area contributed by atoms with Gasteiger partial charge in [0.2, 0.25) is 0 Å². The van der Waals surface area contributed by atoms with Crippen LogP contribution in [-0.2, 0) is 30.7 Å². The molecule has 15 heteroatoms. The highest BCUT2D eigenvalue weighted by molar-refractivity contribution is 7.92. The number of hydrogen-bond donors (Lipinski definition) is 0. The quantitative estimate of drug-likeness (QED) is 0.276. The van der Waals surface area contributed by atoms with E-state index in [1.165, 1.54) is 0 Å². The van der Waals surface area contributed by atoms with Crippen molar-refractivity contribution in [3.8, 4) is 0 Å². The van der Waals surface area contributed by atoms with Crippen molar-refractivity contribution in [2.75, 3.05) is 6.54 Å². The van der Waals surface area contributed by atoms with Crippen LogP contribution in [-0.4, -0.2) is 42.0 Å². The lowest BCUT2D eigenvalue weighted by atomic mass is 10.1. The van der Waals surface area contributed by atoms with Crippen molar-refractivity contribution in [3.63, 3.8) is 0 Å². The first-order valence-electron chi connectivity index (χ1n) is 4.88. The zero-order chi connectivity index (χ0) is 17.5. The summed E-state index contributed by atoms with van der Waals surface area (Å²) < 4.78 is 104. The van der Waals surface area contributed by atoms with Gasteiger partial charge in [-0.25, -0.2) is 0 Å². The fraction of sp³-hybridized carbons (Fsp3) is 0.286. The molecule has 0 radical (unpaired) electrons. The van der Waals surface area contributed by atoms with Crippen LogP contribution in [0.3, 0.4) is 0 Å². The van der Waals surface area contributed by atoms with Crippen molar-refractivity contribution in [1.82, 2.24) is 0 Å². The Balaban J connectivity index is 3.75. The average molecular weight is 384 g/mol. The molecule has 1 atom stereocenters. The van der Waals surface area contributed by atoms with Gasteiger partial charge in [0.25, 0.3) is 10.2 Å². The molecule has 1 aliphatic carbocycles. The van der Waals surface area contributed by atoms with Gasteiger partial charge in [-0.1, -0.05) is 5.57 Å². The predicted molar refractivity (Wildman–Crippen MR) is 65.1 cm³/mol. The first kappa shape index (κ1) is 18.4. The molecule has 22 heavy (non-hydrogen) atoms. The van der Waals surface area contributed by atoms with Crippen LogP contribution in [0.1, 0.15) is 0 Å². The number of allylic oxidation sites excluding steroid dienone is 2. The van der Waals surface area contributed by atoms with Crippen molar-refractivity contribution in [3.05, 3.63) is 38.0 Å². The van der Waals surface area contributed by atoms with E-state index in [4.69, 9.17) is 0 Å². The Morgan fingerprint density at radius 2 is 1.59 bits per heavy atom. The van der Waals surface area contributed by atoms with Crippen LogP contribution in [0.25, 0.3) is 0 Å². The summed E-state index contributed by atoms with van der Waals surface area (Å²) in [5.41, 5.74) is -1.39. The van der Waals surface area contributed by atoms with Gasteiger partial charge in [0.05, 0.1) is 5.25 Å². The number of rotatable bonds is 5. The Morgan fingerprint density at radius 3 is 1.91 bits per heavy atom. The van der Waals surface area contributed by atoms with Crippen molar-refractivity contribution in [2.24, 2.45) is 0 Å². The third-order valence-corrected chi connectivity index (χ3v) is 5.15. The van der Waals surface area contributed by atoms with Gasteiger partial charge in [0.1, 0.15) is 0 Å². The van der Waals surface area contributed by atoms with Gasteiger partial charge < -0.3 is 0 Å². The lowest BCUT2D eigenvalue weighted by Crippen LogP contribution is -2.29. The third-order valence-electron chi connectivity index (χ3n) is 2.40.